The SMILES string of the molecule is CC(C)c1ccc(N2CC(=O)N(c3ccccc3)C2=O)cc1. The predicted octanol–water partition coefficient (Wildman–Crippen LogP) is 3.78. The van der Waals surface area contributed by atoms with E-state index in [1.165, 1.54) is 15.4 Å². The predicted molar refractivity (Wildman–Crippen MR) is 87.2 cm³/mol. The minimum atomic E-state index is -0.298. The zero-order valence-corrected chi connectivity index (χ0v) is 12.7. The number of para-hydroxylation sites is 1. The second-order valence-electron chi connectivity index (χ2n) is 5.68. The third-order valence-corrected chi connectivity index (χ3v) is 3.85. The van der Waals surface area contributed by atoms with Gasteiger partial charge in [0, 0.05) is 5.69 Å². The fraction of sp³-hybridized carbons (Fsp3) is 0.222. The molecule has 22 heavy (non-hydrogen) atoms. The van der Waals surface area contributed by atoms with E-state index in [-0.39, 0.29) is 18.5 Å². The Morgan fingerprint density at radius 1 is 0.864 bits per heavy atom. The molecule has 0 aliphatic carbocycles. The summed E-state index contributed by atoms with van der Waals surface area (Å²) < 4.78 is 0. The van der Waals surface area contributed by atoms with Gasteiger partial charge in [-0.1, -0.05) is 44.2 Å². The van der Waals surface area contributed by atoms with Crippen LogP contribution < -0.4 is 9.80 Å². The number of imide groups is 1. The van der Waals surface area contributed by atoms with Gasteiger partial charge in [-0.15, -0.1) is 0 Å². The number of hydrogen-bond donors (Lipinski definition) is 0. The van der Waals surface area contributed by atoms with E-state index in [1.807, 2.05) is 42.5 Å². The summed E-state index contributed by atoms with van der Waals surface area (Å²) in [6.45, 7) is 4.32. The molecular weight excluding hydrogens is 276 g/mol. The Morgan fingerprint density at radius 2 is 1.50 bits per heavy atom. The van der Waals surface area contributed by atoms with Crippen LogP contribution in [0.3, 0.4) is 0 Å². The Hall–Kier alpha value is -2.62. The van der Waals surface area contributed by atoms with Crippen LogP contribution in [-0.4, -0.2) is 18.5 Å². The minimum absolute atomic E-state index is 0.0781. The number of benzene rings is 2. The normalized spacial score (nSPS) is 15.0. The largest absolute Gasteiger partial charge is 0.336 e. The topological polar surface area (TPSA) is 40.6 Å². The highest BCUT2D eigenvalue weighted by Crippen LogP contribution is 2.27. The summed E-state index contributed by atoms with van der Waals surface area (Å²) in [7, 11) is 0. The highest BCUT2D eigenvalue weighted by Gasteiger charge is 2.37. The maximum absolute atomic E-state index is 12.6. The molecule has 0 bridgehead atoms. The molecule has 1 fully saturated rings. The summed E-state index contributed by atoms with van der Waals surface area (Å²) in [5.74, 6) is 0.231. The van der Waals surface area contributed by atoms with Crippen LogP contribution >= 0.6 is 0 Å². The van der Waals surface area contributed by atoms with Gasteiger partial charge in [-0.25, -0.2) is 9.69 Å². The molecule has 0 saturated carbocycles. The second kappa shape index (κ2) is 5.64. The maximum atomic E-state index is 12.6. The zero-order valence-electron chi connectivity index (χ0n) is 12.7. The third kappa shape index (κ3) is 2.48. The molecule has 1 aliphatic rings. The number of urea groups is 1. The van der Waals surface area contributed by atoms with Gasteiger partial charge in [-0.05, 0) is 35.7 Å². The van der Waals surface area contributed by atoms with Crippen molar-refractivity contribution in [3.8, 4) is 0 Å². The Labute approximate surface area is 130 Å². The van der Waals surface area contributed by atoms with Gasteiger partial charge >= 0.3 is 6.03 Å². The first-order chi connectivity index (χ1) is 10.6. The first kappa shape index (κ1) is 14.3. The van der Waals surface area contributed by atoms with Crippen LogP contribution in [0.4, 0.5) is 16.2 Å². The Bertz CT molecular complexity index is 693. The lowest BCUT2D eigenvalue weighted by molar-refractivity contribution is -0.115. The molecule has 0 aromatic heterocycles. The molecule has 0 unspecified atom stereocenters. The first-order valence-corrected chi connectivity index (χ1v) is 7.37. The molecule has 3 amide bonds. The van der Waals surface area contributed by atoms with Gasteiger partial charge < -0.3 is 0 Å². The Balaban J connectivity index is 1.88. The van der Waals surface area contributed by atoms with Crippen LogP contribution in [0.2, 0.25) is 0 Å². The van der Waals surface area contributed by atoms with Crippen molar-refractivity contribution >= 4 is 23.3 Å². The average molecular weight is 294 g/mol. The zero-order chi connectivity index (χ0) is 15.7. The number of rotatable bonds is 3. The smallest absolute Gasteiger partial charge is 0.284 e. The standard InChI is InChI=1S/C18H18N2O2/c1-13(2)14-8-10-15(11-9-14)19-12-17(21)20(18(19)22)16-6-4-3-5-7-16/h3-11,13H,12H2,1-2H3. The number of amides is 3. The number of carbonyl (C=O) groups is 2. The lowest BCUT2D eigenvalue weighted by Crippen LogP contribution is -2.32. The van der Waals surface area contributed by atoms with Gasteiger partial charge in [0.05, 0.1) is 5.69 Å². The van der Waals surface area contributed by atoms with Crippen LogP contribution in [0, 0.1) is 0 Å². The van der Waals surface area contributed by atoms with Crippen LogP contribution in [0.5, 0.6) is 0 Å². The van der Waals surface area contributed by atoms with E-state index < -0.39 is 0 Å². The van der Waals surface area contributed by atoms with E-state index in [1.54, 1.807) is 12.1 Å². The average Bonchev–Trinajstić information content (AvgIpc) is 2.83. The molecule has 0 atom stereocenters. The molecule has 4 nitrogen and oxygen atoms in total. The molecule has 3 rings (SSSR count). The molecule has 1 aliphatic heterocycles. The van der Waals surface area contributed by atoms with E-state index in [0.717, 1.165) is 5.69 Å². The van der Waals surface area contributed by atoms with Gasteiger partial charge in [-0.2, -0.15) is 0 Å². The summed E-state index contributed by atoms with van der Waals surface area (Å²) >= 11 is 0. The van der Waals surface area contributed by atoms with Gasteiger partial charge in [0.1, 0.15) is 6.54 Å². The van der Waals surface area contributed by atoms with Crippen LogP contribution in [-0.2, 0) is 4.79 Å². The van der Waals surface area contributed by atoms with Crippen molar-refractivity contribution in [3.63, 3.8) is 0 Å². The van der Waals surface area contributed by atoms with Crippen molar-refractivity contribution in [2.24, 2.45) is 0 Å². The molecule has 112 valence electrons. The molecule has 1 heterocycles. The molecular formula is C18H18N2O2. The fourth-order valence-electron chi connectivity index (χ4n) is 2.57. The molecule has 1 saturated heterocycles. The van der Waals surface area contributed by atoms with Crippen molar-refractivity contribution in [2.75, 3.05) is 16.3 Å². The highest BCUT2D eigenvalue weighted by atomic mass is 16.2. The molecule has 2 aromatic rings. The van der Waals surface area contributed by atoms with Crippen molar-refractivity contribution in [2.45, 2.75) is 19.8 Å². The molecule has 0 spiro atoms. The minimum Gasteiger partial charge on any atom is -0.284 e. The molecule has 2 aromatic carbocycles. The van der Waals surface area contributed by atoms with Crippen molar-refractivity contribution < 1.29 is 9.59 Å². The fourth-order valence-corrected chi connectivity index (χ4v) is 2.57. The number of carbonyl (C=O) groups excluding carboxylic acids is 2. The van der Waals surface area contributed by atoms with E-state index in [2.05, 4.69) is 13.8 Å². The van der Waals surface area contributed by atoms with Crippen molar-refractivity contribution in [1.82, 2.24) is 0 Å². The summed E-state index contributed by atoms with van der Waals surface area (Å²) in [4.78, 5) is 27.5. The highest BCUT2D eigenvalue weighted by molar-refractivity contribution is 6.26. The van der Waals surface area contributed by atoms with Crippen LogP contribution in [0.1, 0.15) is 25.3 Å². The van der Waals surface area contributed by atoms with Gasteiger partial charge in [0.15, 0.2) is 0 Å². The lowest BCUT2D eigenvalue weighted by Gasteiger charge is -2.17. The van der Waals surface area contributed by atoms with Crippen LogP contribution in [0.25, 0.3) is 0 Å². The van der Waals surface area contributed by atoms with E-state index in [4.69, 9.17) is 0 Å². The van der Waals surface area contributed by atoms with Gasteiger partial charge in [0.2, 0.25) is 0 Å². The Kier molecular flexibility index (Phi) is 3.67. The van der Waals surface area contributed by atoms with E-state index >= 15 is 0 Å². The van der Waals surface area contributed by atoms with Crippen LogP contribution in [0.15, 0.2) is 54.6 Å². The number of anilines is 2. The van der Waals surface area contributed by atoms with Crippen molar-refractivity contribution in [1.29, 1.82) is 0 Å². The molecule has 0 radical (unpaired) electrons. The second-order valence-corrected chi connectivity index (χ2v) is 5.68. The third-order valence-electron chi connectivity index (χ3n) is 3.85. The number of nitrogens with zero attached hydrogens (tertiary/aromatic N) is 2. The summed E-state index contributed by atoms with van der Waals surface area (Å²) in [5.41, 5.74) is 2.57. The Morgan fingerprint density at radius 3 is 2.09 bits per heavy atom. The maximum Gasteiger partial charge on any atom is 0.336 e. The van der Waals surface area contributed by atoms with Gasteiger partial charge in [-0.3, -0.25) is 9.69 Å². The van der Waals surface area contributed by atoms with E-state index in [9.17, 15) is 9.59 Å². The quantitative estimate of drug-likeness (QED) is 0.808. The lowest BCUT2D eigenvalue weighted by atomic mass is 10.0. The van der Waals surface area contributed by atoms with Crippen molar-refractivity contribution in [3.05, 3.63) is 60.2 Å². The number of hydrogen-bond acceptors (Lipinski definition) is 2. The summed E-state index contributed by atoms with van der Waals surface area (Å²) in [6.07, 6.45) is 0. The van der Waals surface area contributed by atoms with E-state index in [0.29, 0.717) is 11.6 Å². The first-order valence-electron chi connectivity index (χ1n) is 7.37. The summed E-state index contributed by atoms with van der Waals surface area (Å²) in [6, 6.07) is 16.5. The van der Waals surface area contributed by atoms with Gasteiger partial charge in [0.25, 0.3) is 5.91 Å². The molecule has 4 heteroatoms. The summed E-state index contributed by atoms with van der Waals surface area (Å²) in [5, 5.41) is 0. The molecule has 0 N–H and O–H groups in total. The monoisotopic (exact) mass is 294 g/mol.